The molecule has 2 atom stereocenters. The van der Waals surface area contributed by atoms with E-state index in [4.69, 9.17) is 4.74 Å². The van der Waals surface area contributed by atoms with Gasteiger partial charge in [0.2, 0.25) is 0 Å². The van der Waals surface area contributed by atoms with Crippen molar-refractivity contribution in [2.24, 2.45) is 17.3 Å². The zero-order valence-corrected chi connectivity index (χ0v) is 15.6. The zero-order valence-electron chi connectivity index (χ0n) is 14.8. The normalized spacial score (nSPS) is 15.1. The van der Waals surface area contributed by atoms with E-state index in [0.29, 0.717) is 16.2 Å². The predicted molar refractivity (Wildman–Crippen MR) is 92.8 cm³/mol. The summed E-state index contributed by atoms with van der Waals surface area (Å²) >= 11 is 0. The van der Waals surface area contributed by atoms with Crippen molar-refractivity contribution in [3.63, 3.8) is 0 Å². The molecule has 0 aliphatic rings. The molecule has 23 heavy (non-hydrogen) atoms. The van der Waals surface area contributed by atoms with Crippen LogP contribution in [0, 0.1) is 12.8 Å². The van der Waals surface area contributed by atoms with Crippen molar-refractivity contribution in [2.45, 2.75) is 38.6 Å². The van der Waals surface area contributed by atoms with Gasteiger partial charge in [0.1, 0.15) is 15.6 Å². The molecule has 1 rings (SSSR count). The molecule has 0 aromatic carbocycles. The molecule has 1 aromatic heterocycles. The lowest BCUT2D eigenvalue weighted by Gasteiger charge is -2.21. The van der Waals surface area contributed by atoms with Gasteiger partial charge in [-0.05, 0) is 25.3 Å². The third-order valence-corrected chi connectivity index (χ3v) is 5.79. The minimum atomic E-state index is -2.87. The number of nitrogens with zero attached hydrogens (tertiary/aromatic N) is 2. The van der Waals surface area contributed by atoms with E-state index in [-0.39, 0.29) is 18.6 Å². The molecule has 0 radical (unpaired) electrons. The zero-order chi connectivity index (χ0) is 17.8. The molecule has 0 saturated carbocycles. The van der Waals surface area contributed by atoms with E-state index in [0.717, 1.165) is 0 Å². The van der Waals surface area contributed by atoms with Crippen LogP contribution in [0.25, 0.3) is 0 Å². The monoisotopic (exact) mass is 341 g/mol. The van der Waals surface area contributed by atoms with Crippen LogP contribution in [0.1, 0.15) is 36.8 Å². The maximum Gasteiger partial charge on any atom is 0.355 e. The molecule has 0 saturated heterocycles. The van der Waals surface area contributed by atoms with Crippen molar-refractivity contribution in [3.05, 3.63) is 30.1 Å². The van der Waals surface area contributed by atoms with Gasteiger partial charge < -0.3 is 9.30 Å². The minimum Gasteiger partial charge on any atom is -0.461 e. The van der Waals surface area contributed by atoms with E-state index >= 15 is 0 Å². The summed E-state index contributed by atoms with van der Waals surface area (Å²) < 4.78 is 27.2. The van der Waals surface area contributed by atoms with E-state index in [1.54, 1.807) is 37.7 Å². The van der Waals surface area contributed by atoms with Crippen LogP contribution in [-0.4, -0.2) is 34.4 Å². The van der Waals surface area contributed by atoms with Gasteiger partial charge in [-0.25, -0.2) is 18.1 Å². The number of esters is 1. The topological polar surface area (TPSA) is 72.7 Å². The fraction of sp³-hybridized carbons (Fsp3) is 0.562. The van der Waals surface area contributed by atoms with Gasteiger partial charge in [0.25, 0.3) is 0 Å². The summed E-state index contributed by atoms with van der Waals surface area (Å²) in [5, 5.41) is 0. The Morgan fingerprint density at radius 1 is 1.57 bits per heavy atom. The molecule has 2 unspecified atom stereocenters. The molecule has 0 fully saturated rings. The van der Waals surface area contributed by atoms with Gasteiger partial charge in [-0.2, -0.15) is 0 Å². The molecule has 7 heteroatoms. The molecule has 1 aromatic rings. The number of carbonyl (C=O) groups excluding carboxylic acids is 1. The predicted octanol–water partition coefficient (Wildman–Crippen LogP) is 2.68. The number of carbonyl (C=O) groups is 1. The summed E-state index contributed by atoms with van der Waals surface area (Å²) in [4.78, 5) is 12.6. The number of nitrogens with one attached hydrogen (secondary N) is 1. The average Bonchev–Trinajstić information content (AvgIpc) is 2.80. The fourth-order valence-corrected chi connectivity index (χ4v) is 4.33. The smallest absolute Gasteiger partial charge is 0.355 e. The fourth-order valence-electron chi connectivity index (χ4n) is 2.35. The first-order valence-electron chi connectivity index (χ1n) is 7.59. The lowest BCUT2D eigenvalue weighted by atomic mass is 10.1. The molecule has 0 amide bonds. The van der Waals surface area contributed by atoms with Crippen LogP contribution in [0.15, 0.2) is 28.1 Å². The molecular weight excluding hydrogens is 314 g/mol. The molecule has 0 aliphatic carbocycles. The quantitative estimate of drug-likeness (QED) is 0.612. The molecule has 0 spiro atoms. The van der Waals surface area contributed by atoms with E-state index in [1.807, 2.05) is 13.8 Å². The Labute approximate surface area is 139 Å². The van der Waals surface area contributed by atoms with E-state index in [2.05, 4.69) is 15.7 Å². The number of rotatable bonds is 7. The molecule has 0 aliphatic heterocycles. The van der Waals surface area contributed by atoms with Gasteiger partial charge in [-0.15, -0.1) is 6.58 Å². The summed E-state index contributed by atoms with van der Waals surface area (Å²) in [6.07, 6.45) is 3.39. The highest BCUT2D eigenvalue weighted by atomic mass is 32.2. The van der Waals surface area contributed by atoms with Crippen LogP contribution in [0.5, 0.6) is 0 Å². The van der Waals surface area contributed by atoms with Crippen LogP contribution in [0.4, 0.5) is 0 Å². The Kier molecular flexibility index (Phi) is 6.58. The number of hydrogen-bond acceptors (Lipinski definition) is 4. The Morgan fingerprint density at radius 3 is 2.61 bits per heavy atom. The van der Waals surface area contributed by atoms with E-state index in [9.17, 15) is 9.00 Å². The summed E-state index contributed by atoms with van der Waals surface area (Å²) in [6.45, 7) is 11.6. The van der Waals surface area contributed by atoms with E-state index in [1.165, 1.54) is 7.05 Å². The van der Waals surface area contributed by atoms with Crippen molar-refractivity contribution in [2.75, 3.05) is 13.7 Å². The second-order valence-corrected chi connectivity index (χ2v) is 7.72. The molecule has 0 bridgehead atoms. The van der Waals surface area contributed by atoms with Crippen LogP contribution in [0.2, 0.25) is 0 Å². The first kappa shape index (κ1) is 19.4. The van der Waals surface area contributed by atoms with Gasteiger partial charge in [0, 0.05) is 26.3 Å². The lowest BCUT2D eigenvalue weighted by Crippen LogP contribution is -2.36. The molecular formula is C16H27N3O3S. The van der Waals surface area contributed by atoms with Gasteiger partial charge >= 0.3 is 5.97 Å². The highest BCUT2D eigenvalue weighted by Crippen LogP contribution is 2.24. The van der Waals surface area contributed by atoms with Crippen LogP contribution in [0.3, 0.4) is 0 Å². The van der Waals surface area contributed by atoms with E-state index < -0.39 is 15.9 Å². The number of ether oxygens (including phenoxy) is 1. The second kappa shape index (κ2) is 7.79. The number of hydrogen-bond donors (Lipinski definition) is 1. The van der Waals surface area contributed by atoms with Crippen molar-refractivity contribution in [1.29, 1.82) is 0 Å². The van der Waals surface area contributed by atoms with Gasteiger partial charge in [-0.3, -0.25) is 0 Å². The first-order valence-corrected chi connectivity index (χ1v) is 9.11. The van der Waals surface area contributed by atoms with Gasteiger partial charge in [0.15, 0.2) is 0 Å². The maximum atomic E-state index is 13.3. The van der Waals surface area contributed by atoms with Crippen molar-refractivity contribution < 1.29 is 13.7 Å². The standard InChI is InChI=1S/C16H27N3O3S/c1-8-13(11(3)4)18-23(21,17-6)14-10-19(7)15(12(14)5)16(20)22-9-2/h8,10-11,13H,1,9H2,2-7H3,(H,17,18,21). The Bertz CT molecular complexity index is 698. The van der Waals surface area contributed by atoms with Gasteiger partial charge in [0.05, 0.1) is 11.5 Å². The largest absolute Gasteiger partial charge is 0.461 e. The number of aryl methyl sites for hydroxylation is 1. The second-order valence-electron chi connectivity index (χ2n) is 5.63. The summed E-state index contributed by atoms with van der Waals surface area (Å²) in [6, 6.07) is -0.156. The SMILES string of the molecule is C=CC(NS(=O)(=NC)c1cn(C)c(C(=O)OCC)c1C)C(C)C. The Balaban J connectivity index is 3.38. The Hall–Kier alpha value is -1.60. The van der Waals surface area contributed by atoms with Crippen molar-refractivity contribution in [3.8, 4) is 0 Å². The van der Waals surface area contributed by atoms with Crippen molar-refractivity contribution >= 4 is 15.9 Å². The summed E-state index contributed by atoms with van der Waals surface area (Å²) in [5.74, 6) is -0.218. The first-order chi connectivity index (χ1) is 10.7. The van der Waals surface area contributed by atoms with Crippen LogP contribution in [-0.2, 0) is 21.7 Å². The van der Waals surface area contributed by atoms with Crippen molar-refractivity contribution in [1.82, 2.24) is 9.29 Å². The van der Waals surface area contributed by atoms with Crippen LogP contribution < -0.4 is 4.72 Å². The summed E-state index contributed by atoms with van der Waals surface area (Å²) in [7, 11) is 0.366. The molecule has 1 heterocycles. The van der Waals surface area contributed by atoms with Gasteiger partial charge in [-0.1, -0.05) is 19.9 Å². The third kappa shape index (κ3) is 4.03. The van der Waals surface area contributed by atoms with Crippen LogP contribution >= 0.6 is 0 Å². The highest BCUT2D eigenvalue weighted by Gasteiger charge is 2.26. The molecule has 1 N–H and O–H groups in total. The average molecular weight is 341 g/mol. The lowest BCUT2D eigenvalue weighted by molar-refractivity contribution is 0.0514. The Morgan fingerprint density at radius 2 is 2.17 bits per heavy atom. The highest BCUT2D eigenvalue weighted by molar-refractivity contribution is 7.91. The minimum absolute atomic E-state index is 0.156. The summed E-state index contributed by atoms with van der Waals surface area (Å²) in [5.41, 5.74) is 1.00. The molecule has 130 valence electrons. The maximum absolute atomic E-state index is 13.3. The third-order valence-electron chi connectivity index (χ3n) is 3.68. The molecule has 6 nitrogen and oxygen atoms in total. The number of aromatic nitrogens is 1.